The second-order valence-electron chi connectivity index (χ2n) is 8.65. The van der Waals surface area contributed by atoms with Crippen LogP contribution < -0.4 is 16.0 Å². The molecule has 3 aromatic carbocycles. The summed E-state index contributed by atoms with van der Waals surface area (Å²) in [6, 6.07) is 16.7. The first kappa shape index (κ1) is 24.8. The minimum Gasteiger partial charge on any atom is -0.339 e. The third-order valence-electron chi connectivity index (χ3n) is 6.10. The number of likely N-dealkylation sites (tertiary alicyclic amines) is 1. The summed E-state index contributed by atoms with van der Waals surface area (Å²) >= 11 is 0. The smallest absolute Gasteiger partial charge is 0.323 e. The summed E-state index contributed by atoms with van der Waals surface area (Å²) in [5, 5.41) is 8.41. The number of nitrogens with zero attached hydrogens (tertiary/aromatic N) is 1. The summed E-state index contributed by atoms with van der Waals surface area (Å²) in [5.41, 5.74) is 2.39. The summed E-state index contributed by atoms with van der Waals surface area (Å²) in [5.74, 6) is -2.68. The van der Waals surface area contributed by atoms with Crippen LogP contribution in [0, 0.1) is 24.5 Å². The SMILES string of the molecule is Cc1ccc(NC(=O)Nc2ccccc2)cc1NC(=O)C1CCN(C(=O)c2ccc(F)cc2F)CC1. The number of rotatable bonds is 5. The Bertz CT molecular complexity index is 1280. The molecular weight excluding hydrogens is 466 g/mol. The molecule has 186 valence electrons. The molecule has 0 bridgehead atoms. The van der Waals surface area contributed by atoms with Gasteiger partial charge in [0.05, 0.1) is 5.56 Å². The van der Waals surface area contributed by atoms with Gasteiger partial charge in [0.25, 0.3) is 5.91 Å². The van der Waals surface area contributed by atoms with E-state index in [9.17, 15) is 23.2 Å². The molecule has 0 unspecified atom stereocenters. The fraction of sp³-hybridized carbons (Fsp3) is 0.222. The Morgan fingerprint density at radius 1 is 0.833 bits per heavy atom. The van der Waals surface area contributed by atoms with E-state index >= 15 is 0 Å². The van der Waals surface area contributed by atoms with Crippen LogP contribution in [0.25, 0.3) is 0 Å². The number of piperidine rings is 1. The van der Waals surface area contributed by atoms with E-state index in [4.69, 9.17) is 0 Å². The van der Waals surface area contributed by atoms with Crippen LogP contribution in [0.1, 0.15) is 28.8 Å². The number of halogens is 2. The number of para-hydroxylation sites is 1. The lowest BCUT2D eigenvalue weighted by Gasteiger charge is -2.31. The number of urea groups is 1. The number of aryl methyl sites for hydroxylation is 1. The molecule has 0 spiro atoms. The van der Waals surface area contributed by atoms with Crippen molar-refractivity contribution in [1.82, 2.24) is 4.90 Å². The van der Waals surface area contributed by atoms with Gasteiger partial charge < -0.3 is 20.9 Å². The highest BCUT2D eigenvalue weighted by Gasteiger charge is 2.29. The highest BCUT2D eigenvalue weighted by molar-refractivity contribution is 6.01. The molecule has 0 atom stereocenters. The fourth-order valence-electron chi connectivity index (χ4n) is 4.06. The molecular formula is C27H26F2N4O3. The van der Waals surface area contributed by atoms with Crippen molar-refractivity contribution in [2.24, 2.45) is 5.92 Å². The molecule has 0 aromatic heterocycles. The Kier molecular flexibility index (Phi) is 7.58. The highest BCUT2D eigenvalue weighted by Crippen LogP contribution is 2.25. The molecule has 3 aromatic rings. The van der Waals surface area contributed by atoms with Crippen molar-refractivity contribution >= 4 is 34.9 Å². The van der Waals surface area contributed by atoms with E-state index in [0.29, 0.717) is 36.0 Å². The number of hydrogen-bond acceptors (Lipinski definition) is 3. The van der Waals surface area contributed by atoms with E-state index in [1.165, 1.54) is 4.90 Å². The van der Waals surface area contributed by atoms with Gasteiger partial charge in [-0.2, -0.15) is 0 Å². The lowest BCUT2D eigenvalue weighted by molar-refractivity contribution is -0.121. The molecule has 0 saturated carbocycles. The Balaban J connectivity index is 1.33. The van der Waals surface area contributed by atoms with Crippen molar-refractivity contribution in [1.29, 1.82) is 0 Å². The first-order chi connectivity index (χ1) is 17.3. The van der Waals surface area contributed by atoms with Gasteiger partial charge in [0.1, 0.15) is 11.6 Å². The van der Waals surface area contributed by atoms with Crippen LogP contribution in [0.2, 0.25) is 0 Å². The first-order valence-corrected chi connectivity index (χ1v) is 11.6. The zero-order valence-electron chi connectivity index (χ0n) is 19.7. The standard InChI is InChI=1S/C27H26F2N4O3/c1-17-7-9-21(31-27(36)30-20-5-3-2-4-6-20)16-24(17)32-25(34)18-11-13-33(14-12-18)26(35)22-10-8-19(28)15-23(22)29/h2-10,15-16,18H,11-14H2,1H3,(H,32,34)(H2,30,31,36). The molecule has 4 rings (SSSR count). The highest BCUT2D eigenvalue weighted by atomic mass is 19.1. The Hall–Kier alpha value is -4.27. The second kappa shape index (κ2) is 11.0. The monoisotopic (exact) mass is 492 g/mol. The first-order valence-electron chi connectivity index (χ1n) is 11.6. The summed E-state index contributed by atoms with van der Waals surface area (Å²) in [4.78, 5) is 39.3. The maximum atomic E-state index is 14.0. The van der Waals surface area contributed by atoms with Gasteiger partial charge in [-0.25, -0.2) is 13.6 Å². The summed E-state index contributed by atoms with van der Waals surface area (Å²) in [7, 11) is 0. The van der Waals surface area contributed by atoms with Crippen LogP contribution in [0.3, 0.4) is 0 Å². The summed E-state index contributed by atoms with van der Waals surface area (Å²) < 4.78 is 27.1. The number of amides is 4. The van der Waals surface area contributed by atoms with E-state index < -0.39 is 23.6 Å². The van der Waals surface area contributed by atoms with Crippen molar-refractivity contribution in [3.8, 4) is 0 Å². The van der Waals surface area contributed by atoms with E-state index in [2.05, 4.69) is 16.0 Å². The van der Waals surface area contributed by atoms with E-state index in [0.717, 1.165) is 17.7 Å². The predicted octanol–water partition coefficient (Wildman–Crippen LogP) is 5.41. The molecule has 3 N–H and O–H groups in total. The molecule has 1 heterocycles. The quantitative estimate of drug-likeness (QED) is 0.445. The fourth-order valence-corrected chi connectivity index (χ4v) is 4.06. The molecule has 0 aliphatic carbocycles. The molecule has 4 amide bonds. The van der Waals surface area contributed by atoms with E-state index in [1.54, 1.807) is 30.3 Å². The van der Waals surface area contributed by atoms with Crippen molar-refractivity contribution in [3.63, 3.8) is 0 Å². The minimum absolute atomic E-state index is 0.185. The molecule has 0 radical (unpaired) electrons. The number of nitrogens with one attached hydrogen (secondary N) is 3. The average molecular weight is 493 g/mol. The van der Waals surface area contributed by atoms with E-state index in [1.807, 2.05) is 25.1 Å². The van der Waals surface area contributed by atoms with Gasteiger partial charge in [-0.3, -0.25) is 9.59 Å². The minimum atomic E-state index is -0.902. The molecule has 1 fully saturated rings. The largest absolute Gasteiger partial charge is 0.339 e. The van der Waals surface area contributed by atoms with Crippen LogP contribution in [-0.4, -0.2) is 35.8 Å². The maximum absolute atomic E-state index is 14.0. The molecule has 1 saturated heterocycles. The second-order valence-corrected chi connectivity index (χ2v) is 8.65. The topological polar surface area (TPSA) is 90.5 Å². The van der Waals surface area contributed by atoms with Gasteiger partial charge in [0.2, 0.25) is 5.91 Å². The number of anilines is 3. The van der Waals surface area contributed by atoms with Crippen LogP contribution in [0.4, 0.5) is 30.6 Å². The predicted molar refractivity (Wildman–Crippen MR) is 134 cm³/mol. The Morgan fingerprint density at radius 3 is 2.22 bits per heavy atom. The van der Waals surface area contributed by atoms with E-state index in [-0.39, 0.29) is 30.5 Å². The average Bonchev–Trinajstić information content (AvgIpc) is 2.86. The Labute approximate surface area is 207 Å². The van der Waals surface area contributed by atoms with Crippen LogP contribution >= 0.6 is 0 Å². The number of hydrogen-bond donors (Lipinski definition) is 3. The lowest BCUT2D eigenvalue weighted by Crippen LogP contribution is -2.41. The van der Waals surface area contributed by atoms with Crippen LogP contribution in [0.5, 0.6) is 0 Å². The van der Waals surface area contributed by atoms with Crippen molar-refractivity contribution in [2.45, 2.75) is 19.8 Å². The van der Waals surface area contributed by atoms with Crippen molar-refractivity contribution in [2.75, 3.05) is 29.0 Å². The van der Waals surface area contributed by atoms with Crippen LogP contribution in [0.15, 0.2) is 66.7 Å². The maximum Gasteiger partial charge on any atom is 0.323 e. The molecule has 36 heavy (non-hydrogen) atoms. The van der Waals surface area contributed by atoms with Gasteiger partial charge in [0.15, 0.2) is 0 Å². The van der Waals surface area contributed by atoms with Gasteiger partial charge in [-0.15, -0.1) is 0 Å². The third kappa shape index (κ3) is 6.04. The van der Waals surface area contributed by atoms with Crippen molar-refractivity contribution in [3.05, 3.63) is 89.5 Å². The zero-order chi connectivity index (χ0) is 25.7. The molecule has 1 aliphatic rings. The number of carbonyl (C=O) groups excluding carboxylic acids is 3. The lowest BCUT2D eigenvalue weighted by atomic mass is 9.95. The summed E-state index contributed by atoms with van der Waals surface area (Å²) in [6.07, 6.45) is 0.827. The Morgan fingerprint density at radius 2 is 1.53 bits per heavy atom. The molecule has 7 nitrogen and oxygen atoms in total. The molecule has 9 heteroatoms. The molecule has 1 aliphatic heterocycles. The van der Waals surface area contributed by atoms with Gasteiger partial charge in [-0.05, 0) is 61.7 Å². The van der Waals surface area contributed by atoms with Gasteiger partial charge >= 0.3 is 6.03 Å². The van der Waals surface area contributed by atoms with Gasteiger partial charge in [-0.1, -0.05) is 24.3 Å². The van der Waals surface area contributed by atoms with Crippen molar-refractivity contribution < 1.29 is 23.2 Å². The summed E-state index contributed by atoms with van der Waals surface area (Å²) in [6.45, 7) is 2.42. The normalized spacial score (nSPS) is 13.7. The zero-order valence-corrected chi connectivity index (χ0v) is 19.7. The van der Waals surface area contributed by atoms with Gasteiger partial charge in [0, 0.05) is 42.1 Å². The number of benzene rings is 3. The third-order valence-corrected chi connectivity index (χ3v) is 6.10. The van der Waals surface area contributed by atoms with Crippen LogP contribution in [-0.2, 0) is 4.79 Å². The number of carbonyl (C=O) groups is 3.